The zero-order valence-electron chi connectivity index (χ0n) is 9.84. The fraction of sp³-hybridized carbons (Fsp3) is 1.00. The van der Waals surface area contributed by atoms with Crippen molar-refractivity contribution in [3.05, 3.63) is 0 Å². The number of hydrogen-bond donors (Lipinski definition) is 0. The molecule has 0 amide bonds. The van der Waals surface area contributed by atoms with Crippen molar-refractivity contribution in [3.8, 4) is 0 Å². The molecule has 0 aliphatic heterocycles. The van der Waals surface area contributed by atoms with Gasteiger partial charge < -0.3 is 9.96 Å². The first-order valence-corrected chi connectivity index (χ1v) is 5.52. The van der Waals surface area contributed by atoms with Crippen LogP contribution in [0.5, 0.6) is 0 Å². The zero-order chi connectivity index (χ0) is 9.45. The summed E-state index contributed by atoms with van der Waals surface area (Å²) >= 11 is 0. The molecule has 0 aromatic heterocycles. The average molecular weight is 189 g/mol. The highest BCUT2D eigenvalue weighted by molar-refractivity contribution is 4.40. The van der Waals surface area contributed by atoms with Crippen LogP contribution >= 0.6 is 0 Å². The molecule has 2 nitrogen and oxygen atoms in total. The quantitative estimate of drug-likeness (QED) is 0.566. The predicted molar refractivity (Wildman–Crippen MR) is 58.2 cm³/mol. The Hall–Kier alpha value is -0.0800. The maximum atomic E-state index is 2.39. The van der Waals surface area contributed by atoms with E-state index in [4.69, 9.17) is 0 Å². The molecular weight excluding hydrogens is 162 g/mol. The lowest BCUT2D eigenvalue weighted by molar-refractivity contribution is -0.908. The summed E-state index contributed by atoms with van der Waals surface area (Å²) < 4.78 is 1.28. The maximum absolute atomic E-state index is 2.39. The summed E-state index contributed by atoms with van der Waals surface area (Å²) in [7, 11) is 2.39. The lowest BCUT2D eigenvalue weighted by Crippen LogP contribution is -2.45. The average Bonchev–Trinajstić information content (AvgIpc) is 2.11. The molecule has 13 heavy (non-hydrogen) atoms. The number of rotatable bonds is 7. The van der Waals surface area contributed by atoms with Gasteiger partial charge in [0, 0.05) is 0 Å². The van der Waals surface area contributed by atoms with Crippen LogP contribution in [0, 0.1) is 0 Å². The molecule has 0 atom stereocenters. The van der Waals surface area contributed by atoms with Gasteiger partial charge in [-0.25, -0.2) is 0 Å². The third-order valence-corrected chi connectivity index (χ3v) is 2.87. The highest BCUT2D eigenvalue weighted by atomic mass is 16.0. The summed E-state index contributed by atoms with van der Waals surface area (Å²) in [5.74, 6) is 0. The van der Waals surface area contributed by atoms with E-state index < -0.39 is 0 Å². The Kier molecular flexibility index (Phi) is 10.1. The van der Waals surface area contributed by atoms with Gasteiger partial charge in [0.25, 0.3) is 0 Å². The van der Waals surface area contributed by atoms with Gasteiger partial charge >= 0.3 is 0 Å². The topological polar surface area (TPSA) is 30.0 Å². The molecule has 0 aliphatic rings. The van der Waals surface area contributed by atoms with E-state index in [0.717, 1.165) is 0 Å². The fourth-order valence-electron chi connectivity index (χ4n) is 1.51. The molecule has 0 fully saturated rings. The number of quaternary nitrogens is 1. The summed E-state index contributed by atoms with van der Waals surface area (Å²) in [5, 5.41) is 0. The minimum absolute atomic E-state index is 0. The van der Waals surface area contributed by atoms with Crippen LogP contribution in [0.4, 0.5) is 0 Å². The first-order chi connectivity index (χ1) is 5.68. The van der Waals surface area contributed by atoms with Gasteiger partial charge in [-0.05, 0) is 19.8 Å². The molecule has 0 unspecified atom stereocenters. The summed E-state index contributed by atoms with van der Waals surface area (Å²) in [4.78, 5) is 0. The van der Waals surface area contributed by atoms with Crippen LogP contribution < -0.4 is 0 Å². The van der Waals surface area contributed by atoms with Gasteiger partial charge in [-0.3, -0.25) is 0 Å². The first-order valence-electron chi connectivity index (χ1n) is 5.52. The Labute approximate surface area is 83.8 Å². The van der Waals surface area contributed by atoms with Gasteiger partial charge in [-0.15, -0.1) is 0 Å². The van der Waals surface area contributed by atoms with Crippen LogP contribution in [0.2, 0.25) is 0 Å². The molecule has 0 aliphatic carbocycles. The SMILES string of the molecule is CCCC[N+](C)(CC)CCCC.[OH-]. The predicted octanol–water partition coefficient (Wildman–Crippen LogP) is 2.88. The van der Waals surface area contributed by atoms with Crippen molar-refractivity contribution in [2.45, 2.75) is 46.5 Å². The van der Waals surface area contributed by atoms with Gasteiger partial charge in [-0.1, -0.05) is 26.7 Å². The lowest BCUT2D eigenvalue weighted by Gasteiger charge is -2.33. The van der Waals surface area contributed by atoms with E-state index in [-0.39, 0.29) is 5.48 Å². The van der Waals surface area contributed by atoms with Gasteiger partial charge in [0.05, 0.1) is 26.7 Å². The van der Waals surface area contributed by atoms with Crippen molar-refractivity contribution in [3.63, 3.8) is 0 Å². The fourth-order valence-corrected chi connectivity index (χ4v) is 1.51. The lowest BCUT2D eigenvalue weighted by atomic mass is 10.2. The first kappa shape index (κ1) is 15.4. The molecule has 0 spiro atoms. The highest BCUT2D eigenvalue weighted by Gasteiger charge is 2.16. The molecule has 0 aromatic carbocycles. The second-order valence-electron chi connectivity index (χ2n) is 4.09. The van der Waals surface area contributed by atoms with Crippen molar-refractivity contribution < 1.29 is 9.96 Å². The molecule has 2 heteroatoms. The third-order valence-electron chi connectivity index (χ3n) is 2.87. The Morgan fingerprint density at radius 1 is 0.846 bits per heavy atom. The largest absolute Gasteiger partial charge is 0.870 e. The molecule has 0 heterocycles. The number of nitrogens with zero attached hydrogens (tertiary/aromatic N) is 1. The Balaban J connectivity index is 0. The molecule has 82 valence electrons. The molecule has 0 bridgehead atoms. The van der Waals surface area contributed by atoms with Gasteiger partial charge in [0.2, 0.25) is 0 Å². The Morgan fingerprint density at radius 3 is 1.46 bits per heavy atom. The minimum Gasteiger partial charge on any atom is -0.870 e. The third kappa shape index (κ3) is 7.03. The Morgan fingerprint density at radius 2 is 1.23 bits per heavy atom. The van der Waals surface area contributed by atoms with Crippen LogP contribution in [0.3, 0.4) is 0 Å². The molecule has 0 aromatic rings. The molecule has 0 radical (unpaired) electrons. The molecule has 0 saturated heterocycles. The van der Waals surface area contributed by atoms with Crippen molar-refractivity contribution in [1.82, 2.24) is 0 Å². The second-order valence-corrected chi connectivity index (χ2v) is 4.09. The summed E-state index contributed by atoms with van der Waals surface area (Å²) in [6.07, 6.45) is 5.43. The van der Waals surface area contributed by atoms with Crippen LogP contribution in [0.15, 0.2) is 0 Å². The van der Waals surface area contributed by atoms with Crippen molar-refractivity contribution >= 4 is 0 Å². The summed E-state index contributed by atoms with van der Waals surface area (Å²) in [6, 6.07) is 0. The molecule has 0 saturated carbocycles. The van der Waals surface area contributed by atoms with E-state index >= 15 is 0 Å². The highest BCUT2D eigenvalue weighted by Crippen LogP contribution is 2.07. The van der Waals surface area contributed by atoms with Gasteiger partial charge in [0.1, 0.15) is 0 Å². The van der Waals surface area contributed by atoms with Crippen LogP contribution in [-0.2, 0) is 0 Å². The van der Waals surface area contributed by atoms with E-state index in [1.165, 1.54) is 49.8 Å². The van der Waals surface area contributed by atoms with Crippen molar-refractivity contribution in [2.75, 3.05) is 26.7 Å². The van der Waals surface area contributed by atoms with E-state index in [0.29, 0.717) is 0 Å². The van der Waals surface area contributed by atoms with Crippen molar-refractivity contribution in [1.29, 1.82) is 0 Å². The number of unbranched alkanes of at least 4 members (excludes halogenated alkanes) is 2. The Bertz CT molecular complexity index is 96.3. The molecular formula is C11H27NO. The van der Waals surface area contributed by atoms with E-state index in [1.807, 2.05) is 0 Å². The van der Waals surface area contributed by atoms with Gasteiger partial charge in [0.15, 0.2) is 0 Å². The summed E-state index contributed by atoms with van der Waals surface area (Å²) in [5.41, 5.74) is 0. The van der Waals surface area contributed by atoms with Crippen LogP contribution in [-0.4, -0.2) is 36.6 Å². The van der Waals surface area contributed by atoms with Crippen LogP contribution in [0.1, 0.15) is 46.5 Å². The van der Waals surface area contributed by atoms with E-state index in [9.17, 15) is 0 Å². The smallest absolute Gasteiger partial charge is 0.0784 e. The normalized spacial score (nSPS) is 11.1. The number of hydrogen-bond acceptors (Lipinski definition) is 1. The van der Waals surface area contributed by atoms with E-state index in [1.54, 1.807) is 0 Å². The molecule has 1 N–H and O–H groups in total. The van der Waals surface area contributed by atoms with E-state index in [2.05, 4.69) is 27.8 Å². The van der Waals surface area contributed by atoms with Gasteiger partial charge in [-0.2, -0.15) is 0 Å². The van der Waals surface area contributed by atoms with Crippen LogP contribution in [0.25, 0.3) is 0 Å². The maximum Gasteiger partial charge on any atom is 0.0784 e. The molecule has 0 rings (SSSR count). The van der Waals surface area contributed by atoms with Crippen molar-refractivity contribution in [2.24, 2.45) is 0 Å². The zero-order valence-corrected chi connectivity index (χ0v) is 9.84. The standard InChI is InChI=1S/C11H26N.H2O/c1-5-8-10-12(4,7-3)11-9-6-2;/h5-11H2,1-4H3;1H2/q+1;/p-1. The second kappa shape index (κ2) is 8.52. The summed E-state index contributed by atoms with van der Waals surface area (Å²) in [6.45, 7) is 10.9. The monoisotopic (exact) mass is 189 g/mol. The minimum atomic E-state index is 0.